The molecule has 2 aromatic rings. The zero-order chi connectivity index (χ0) is 11.5. The maximum atomic E-state index is 12.8. The summed E-state index contributed by atoms with van der Waals surface area (Å²) in [6.07, 6.45) is 0.759. The van der Waals surface area contributed by atoms with Crippen molar-refractivity contribution in [3.63, 3.8) is 0 Å². The maximum absolute atomic E-state index is 12.8. The van der Waals surface area contributed by atoms with Crippen LogP contribution in [0.3, 0.4) is 0 Å². The van der Waals surface area contributed by atoms with E-state index in [1.165, 1.54) is 12.1 Å². The number of benzene rings is 1. The van der Waals surface area contributed by atoms with Gasteiger partial charge >= 0.3 is 0 Å². The van der Waals surface area contributed by atoms with Crippen molar-refractivity contribution in [1.82, 2.24) is 9.78 Å². The topological polar surface area (TPSA) is 43.8 Å². The number of hydrogen-bond donors (Lipinski definition) is 1. The van der Waals surface area contributed by atoms with Gasteiger partial charge in [0.25, 0.3) is 0 Å². The van der Waals surface area contributed by atoms with Gasteiger partial charge in [0, 0.05) is 12.1 Å². The van der Waals surface area contributed by atoms with Crippen LogP contribution in [0.2, 0.25) is 0 Å². The molecule has 0 atom stereocenters. The number of hydrogen-bond acceptors (Lipinski definition) is 2. The normalized spacial score (nSPS) is 10.7. The van der Waals surface area contributed by atoms with Crippen LogP contribution in [0.4, 0.5) is 4.39 Å². The molecule has 3 nitrogen and oxygen atoms in total. The maximum Gasteiger partial charge on any atom is 0.123 e. The van der Waals surface area contributed by atoms with Crippen LogP contribution in [-0.4, -0.2) is 16.3 Å². The predicted octanol–water partition coefficient (Wildman–Crippen LogP) is 1.82. The molecule has 0 aliphatic heterocycles. The Morgan fingerprint density at radius 2 is 2.00 bits per heavy atom. The van der Waals surface area contributed by atoms with Gasteiger partial charge in [-0.25, -0.2) is 9.07 Å². The molecular weight excluding hydrogens is 205 g/mol. The van der Waals surface area contributed by atoms with Crippen LogP contribution in [0.25, 0.3) is 5.69 Å². The van der Waals surface area contributed by atoms with E-state index in [-0.39, 0.29) is 5.82 Å². The fraction of sp³-hybridized carbons (Fsp3) is 0.250. The second-order valence-corrected chi connectivity index (χ2v) is 3.70. The molecule has 1 heterocycles. The lowest BCUT2D eigenvalue weighted by Gasteiger charge is -2.03. The molecule has 2 rings (SSSR count). The Kier molecular flexibility index (Phi) is 3.01. The number of nitrogens with two attached hydrogens (primary N) is 1. The van der Waals surface area contributed by atoms with Gasteiger partial charge in [0.15, 0.2) is 0 Å². The fourth-order valence-corrected chi connectivity index (χ4v) is 1.65. The van der Waals surface area contributed by atoms with E-state index >= 15 is 0 Å². The number of aromatic nitrogens is 2. The summed E-state index contributed by atoms with van der Waals surface area (Å²) in [5, 5.41) is 4.41. The molecule has 2 N–H and O–H groups in total. The summed E-state index contributed by atoms with van der Waals surface area (Å²) in [4.78, 5) is 0. The van der Waals surface area contributed by atoms with Gasteiger partial charge in [-0.2, -0.15) is 5.10 Å². The molecule has 0 bridgehead atoms. The molecule has 0 aliphatic carbocycles. The molecule has 4 heteroatoms. The first kappa shape index (κ1) is 10.8. The van der Waals surface area contributed by atoms with Crippen LogP contribution >= 0.6 is 0 Å². The number of nitrogens with zero attached hydrogens (tertiary/aromatic N) is 2. The molecule has 0 unspecified atom stereocenters. The lowest BCUT2D eigenvalue weighted by molar-refractivity contribution is 0.626. The highest BCUT2D eigenvalue weighted by molar-refractivity contribution is 5.33. The summed E-state index contributed by atoms with van der Waals surface area (Å²) in [5.74, 6) is -0.240. The Balaban J connectivity index is 2.36. The molecule has 16 heavy (non-hydrogen) atoms. The van der Waals surface area contributed by atoms with E-state index in [4.69, 9.17) is 5.73 Å². The van der Waals surface area contributed by atoms with Gasteiger partial charge in [0.1, 0.15) is 5.82 Å². The summed E-state index contributed by atoms with van der Waals surface area (Å²) >= 11 is 0. The van der Waals surface area contributed by atoms with Gasteiger partial charge in [0.05, 0.1) is 11.4 Å². The minimum absolute atomic E-state index is 0.240. The Hall–Kier alpha value is -1.68. The van der Waals surface area contributed by atoms with Crippen molar-refractivity contribution in [3.05, 3.63) is 47.5 Å². The van der Waals surface area contributed by atoms with E-state index < -0.39 is 0 Å². The molecule has 0 radical (unpaired) electrons. The SMILES string of the molecule is Cc1cc(CCN)nn1-c1ccc(F)cc1. The van der Waals surface area contributed by atoms with E-state index in [2.05, 4.69) is 5.10 Å². The molecule has 0 saturated heterocycles. The third kappa shape index (κ3) is 2.12. The Morgan fingerprint density at radius 1 is 1.31 bits per heavy atom. The van der Waals surface area contributed by atoms with Gasteiger partial charge in [0.2, 0.25) is 0 Å². The highest BCUT2D eigenvalue weighted by Gasteiger charge is 2.05. The quantitative estimate of drug-likeness (QED) is 0.855. The number of aryl methyl sites for hydroxylation is 1. The van der Waals surface area contributed by atoms with Gasteiger partial charge in [-0.3, -0.25) is 0 Å². The largest absolute Gasteiger partial charge is 0.330 e. The first-order chi connectivity index (χ1) is 7.70. The van der Waals surface area contributed by atoms with Crippen molar-refractivity contribution in [2.45, 2.75) is 13.3 Å². The molecule has 0 aliphatic rings. The average molecular weight is 219 g/mol. The monoisotopic (exact) mass is 219 g/mol. The van der Waals surface area contributed by atoms with Gasteiger partial charge < -0.3 is 5.73 Å². The molecular formula is C12H14FN3. The third-order valence-corrected chi connectivity index (χ3v) is 2.41. The molecule has 0 spiro atoms. The van der Waals surface area contributed by atoms with Gasteiger partial charge in [-0.05, 0) is 43.8 Å². The van der Waals surface area contributed by atoms with Crippen molar-refractivity contribution in [1.29, 1.82) is 0 Å². The van der Waals surface area contributed by atoms with Crippen LogP contribution in [0.5, 0.6) is 0 Å². The molecule has 1 aromatic carbocycles. The smallest absolute Gasteiger partial charge is 0.123 e. The van der Waals surface area contributed by atoms with Gasteiger partial charge in [-0.1, -0.05) is 0 Å². The van der Waals surface area contributed by atoms with E-state index in [0.717, 1.165) is 23.5 Å². The van der Waals surface area contributed by atoms with Crippen molar-refractivity contribution in [3.8, 4) is 5.69 Å². The van der Waals surface area contributed by atoms with Gasteiger partial charge in [-0.15, -0.1) is 0 Å². The van der Waals surface area contributed by atoms with Crippen LogP contribution in [0.1, 0.15) is 11.4 Å². The molecule has 0 saturated carbocycles. The Morgan fingerprint density at radius 3 is 2.62 bits per heavy atom. The van der Waals surface area contributed by atoms with Crippen LogP contribution in [-0.2, 0) is 6.42 Å². The first-order valence-corrected chi connectivity index (χ1v) is 5.22. The second-order valence-electron chi connectivity index (χ2n) is 3.70. The van der Waals surface area contributed by atoms with Crippen molar-refractivity contribution in [2.24, 2.45) is 5.73 Å². The van der Waals surface area contributed by atoms with E-state index in [9.17, 15) is 4.39 Å². The Bertz CT molecular complexity index is 474. The van der Waals surface area contributed by atoms with Crippen molar-refractivity contribution in [2.75, 3.05) is 6.54 Å². The molecule has 0 amide bonds. The molecule has 1 aromatic heterocycles. The number of halogens is 1. The fourth-order valence-electron chi connectivity index (χ4n) is 1.65. The van der Waals surface area contributed by atoms with Crippen molar-refractivity contribution >= 4 is 0 Å². The van der Waals surface area contributed by atoms with Crippen LogP contribution in [0.15, 0.2) is 30.3 Å². The van der Waals surface area contributed by atoms with E-state index in [1.807, 2.05) is 13.0 Å². The van der Waals surface area contributed by atoms with E-state index in [1.54, 1.807) is 16.8 Å². The highest BCUT2D eigenvalue weighted by atomic mass is 19.1. The van der Waals surface area contributed by atoms with Crippen LogP contribution in [0, 0.1) is 12.7 Å². The minimum Gasteiger partial charge on any atom is -0.330 e. The highest BCUT2D eigenvalue weighted by Crippen LogP contribution is 2.12. The number of rotatable bonds is 3. The lowest BCUT2D eigenvalue weighted by atomic mass is 10.3. The molecule has 84 valence electrons. The first-order valence-electron chi connectivity index (χ1n) is 5.22. The van der Waals surface area contributed by atoms with Crippen LogP contribution < -0.4 is 5.73 Å². The summed E-state index contributed by atoms with van der Waals surface area (Å²) in [6, 6.07) is 8.28. The third-order valence-electron chi connectivity index (χ3n) is 2.41. The Labute approximate surface area is 93.7 Å². The second kappa shape index (κ2) is 4.45. The minimum atomic E-state index is -0.240. The lowest BCUT2D eigenvalue weighted by Crippen LogP contribution is -2.04. The summed E-state index contributed by atoms with van der Waals surface area (Å²) < 4.78 is 14.6. The predicted molar refractivity (Wildman–Crippen MR) is 61.0 cm³/mol. The standard InChI is InChI=1S/C12H14FN3/c1-9-8-11(6-7-14)15-16(9)12-4-2-10(13)3-5-12/h2-5,8H,6-7,14H2,1H3. The summed E-state index contributed by atoms with van der Waals surface area (Å²) in [7, 11) is 0. The average Bonchev–Trinajstić information content (AvgIpc) is 2.61. The summed E-state index contributed by atoms with van der Waals surface area (Å²) in [5.41, 5.74) is 8.33. The zero-order valence-corrected chi connectivity index (χ0v) is 9.15. The van der Waals surface area contributed by atoms with E-state index in [0.29, 0.717) is 6.54 Å². The van der Waals surface area contributed by atoms with Crippen molar-refractivity contribution < 1.29 is 4.39 Å². The summed E-state index contributed by atoms with van der Waals surface area (Å²) in [6.45, 7) is 2.55. The molecule has 0 fully saturated rings. The zero-order valence-electron chi connectivity index (χ0n) is 9.15.